The molecule has 0 aliphatic rings. The molecule has 0 unspecified atom stereocenters. The van der Waals surface area contributed by atoms with E-state index in [9.17, 15) is 0 Å². The average Bonchev–Trinajstić information content (AvgIpc) is 2.57. The molecule has 0 bridgehead atoms. The Kier molecular flexibility index (Phi) is 3.19. The fourth-order valence-electron chi connectivity index (χ4n) is 1.82. The van der Waals surface area contributed by atoms with E-state index in [-0.39, 0.29) is 5.54 Å². The number of aryl methyl sites for hydroxylation is 1. The van der Waals surface area contributed by atoms with Gasteiger partial charge in [-0.05, 0) is 45.4 Å². The van der Waals surface area contributed by atoms with Crippen molar-refractivity contribution in [2.75, 3.05) is 0 Å². The number of fused-ring (bicyclic) bond motifs is 1. The summed E-state index contributed by atoms with van der Waals surface area (Å²) in [7, 11) is 0. The monoisotopic (exact) mass is 251 g/mol. The Balaban J connectivity index is 2.36. The number of hydrogen-bond donors (Lipinski definition) is 1. The molecule has 92 valence electrons. The lowest BCUT2D eigenvalue weighted by atomic mass is 10.1. The molecule has 2 aromatic rings. The van der Waals surface area contributed by atoms with Crippen LogP contribution >= 0.6 is 11.6 Å². The highest BCUT2D eigenvalue weighted by molar-refractivity contribution is 6.31. The van der Waals surface area contributed by atoms with Gasteiger partial charge in [0.1, 0.15) is 5.58 Å². The van der Waals surface area contributed by atoms with Crippen LogP contribution in [0.1, 0.15) is 31.9 Å². The Labute approximate surface area is 107 Å². The van der Waals surface area contributed by atoms with Crippen molar-refractivity contribution in [1.29, 1.82) is 0 Å². The molecule has 1 N–H and O–H groups in total. The molecular formula is C14H18ClNO. The van der Waals surface area contributed by atoms with Gasteiger partial charge >= 0.3 is 0 Å². The third kappa shape index (κ3) is 2.82. The molecule has 0 amide bonds. The highest BCUT2D eigenvalue weighted by Gasteiger charge is 2.13. The van der Waals surface area contributed by atoms with E-state index in [1.807, 2.05) is 25.3 Å². The van der Waals surface area contributed by atoms with Crippen LogP contribution in [0.25, 0.3) is 11.0 Å². The molecule has 0 atom stereocenters. The second-order valence-electron chi connectivity index (χ2n) is 5.46. The topological polar surface area (TPSA) is 25.2 Å². The Bertz CT molecular complexity index is 537. The summed E-state index contributed by atoms with van der Waals surface area (Å²) in [5.74, 6) is 0. The zero-order chi connectivity index (χ0) is 12.6. The van der Waals surface area contributed by atoms with Crippen LogP contribution in [0, 0.1) is 6.92 Å². The first-order valence-electron chi connectivity index (χ1n) is 5.78. The fraction of sp³-hybridized carbons (Fsp3) is 0.429. The van der Waals surface area contributed by atoms with E-state index in [4.69, 9.17) is 16.0 Å². The first-order valence-corrected chi connectivity index (χ1v) is 6.16. The first kappa shape index (κ1) is 12.5. The maximum atomic E-state index is 6.08. The van der Waals surface area contributed by atoms with Gasteiger partial charge in [-0.1, -0.05) is 11.6 Å². The van der Waals surface area contributed by atoms with Crippen molar-refractivity contribution in [2.45, 2.75) is 39.8 Å². The van der Waals surface area contributed by atoms with E-state index >= 15 is 0 Å². The van der Waals surface area contributed by atoms with Crippen molar-refractivity contribution in [2.24, 2.45) is 0 Å². The molecule has 1 aromatic carbocycles. The molecule has 0 spiro atoms. The molecule has 1 aromatic heterocycles. The van der Waals surface area contributed by atoms with Crippen molar-refractivity contribution in [1.82, 2.24) is 5.32 Å². The largest absolute Gasteiger partial charge is 0.464 e. The standard InChI is InChI=1S/C14H18ClNO/c1-9-5-11(15)6-12-10(8-17-13(9)12)7-16-14(2,3)4/h5-6,8,16H,7H2,1-4H3. The highest BCUT2D eigenvalue weighted by atomic mass is 35.5. The van der Waals surface area contributed by atoms with Crippen LogP contribution in [0.5, 0.6) is 0 Å². The van der Waals surface area contributed by atoms with E-state index in [2.05, 4.69) is 26.1 Å². The van der Waals surface area contributed by atoms with Gasteiger partial charge in [0.2, 0.25) is 0 Å². The van der Waals surface area contributed by atoms with Gasteiger partial charge in [-0.3, -0.25) is 0 Å². The van der Waals surface area contributed by atoms with E-state index in [0.717, 1.165) is 33.7 Å². The molecule has 0 aliphatic heterocycles. The minimum atomic E-state index is 0.0945. The highest BCUT2D eigenvalue weighted by Crippen LogP contribution is 2.28. The van der Waals surface area contributed by atoms with Gasteiger partial charge in [0.25, 0.3) is 0 Å². The maximum Gasteiger partial charge on any atom is 0.137 e. The summed E-state index contributed by atoms with van der Waals surface area (Å²) in [6, 6.07) is 3.89. The number of furan rings is 1. The Hall–Kier alpha value is -0.990. The van der Waals surface area contributed by atoms with E-state index < -0.39 is 0 Å². The number of nitrogens with one attached hydrogen (secondary N) is 1. The Morgan fingerprint density at radius 1 is 1.29 bits per heavy atom. The summed E-state index contributed by atoms with van der Waals surface area (Å²) in [5.41, 5.74) is 3.26. The molecule has 3 heteroatoms. The number of halogens is 1. The molecule has 2 nitrogen and oxygen atoms in total. The number of benzene rings is 1. The first-order chi connectivity index (χ1) is 7.87. The third-order valence-corrected chi connectivity index (χ3v) is 2.93. The Morgan fingerprint density at radius 3 is 2.65 bits per heavy atom. The van der Waals surface area contributed by atoms with Gasteiger partial charge in [0.15, 0.2) is 0 Å². The summed E-state index contributed by atoms with van der Waals surface area (Å²) < 4.78 is 5.60. The fourth-order valence-corrected chi connectivity index (χ4v) is 2.09. The van der Waals surface area contributed by atoms with Gasteiger partial charge in [0.05, 0.1) is 6.26 Å². The zero-order valence-corrected chi connectivity index (χ0v) is 11.5. The van der Waals surface area contributed by atoms with Crippen LogP contribution in [0.4, 0.5) is 0 Å². The predicted molar refractivity (Wildman–Crippen MR) is 72.6 cm³/mol. The summed E-state index contributed by atoms with van der Waals surface area (Å²) in [5, 5.41) is 5.31. The lowest BCUT2D eigenvalue weighted by molar-refractivity contribution is 0.423. The second kappa shape index (κ2) is 4.35. The minimum Gasteiger partial charge on any atom is -0.464 e. The molecule has 0 radical (unpaired) electrons. The molecule has 17 heavy (non-hydrogen) atoms. The van der Waals surface area contributed by atoms with Crippen LogP contribution in [-0.2, 0) is 6.54 Å². The van der Waals surface area contributed by atoms with Crippen LogP contribution in [0.2, 0.25) is 5.02 Å². The maximum absolute atomic E-state index is 6.08. The smallest absolute Gasteiger partial charge is 0.137 e. The lowest BCUT2D eigenvalue weighted by Crippen LogP contribution is -2.34. The van der Waals surface area contributed by atoms with Gasteiger partial charge in [-0.25, -0.2) is 0 Å². The molecule has 2 rings (SSSR count). The number of hydrogen-bond acceptors (Lipinski definition) is 2. The average molecular weight is 252 g/mol. The van der Waals surface area contributed by atoms with Crippen LogP contribution in [0.3, 0.4) is 0 Å². The number of rotatable bonds is 2. The second-order valence-corrected chi connectivity index (χ2v) is 5.90. The van der Waals surface area contributed by atoms with E-state index in [1.54, 1.807) is 0 Å². The molecule has 0 fully saturated rings. The van der Waals surface area contributed by atoms with Crippen molar-refractivity contribution >= 4 is 22.6 Å². The minimum absolute atomic E-state index is 0.0945. The normalized spacial score (nSPS) is 12.3. The molecular weight excluding hydrogens is 234 g/mol. The van der Waals surface area contributed by atoms with Gasteiger partial charge in [0, 0.05) is 28.1 Å². The zero-order valence-electron chi connectivity index (χ0n) is 10.7. The molecule has 0 saturated heterocycles. The van der Waals surface area contributed by atoms with Crippen LogP contribution in [-0.4, -0.2) is 5.54 Å². The van der Waals surface area contributed by atoms with Gasteiger partial charge in [-0.2, -0.15) is 0 Å². The van der Waals surface area contributed by atoms with Gasteiger partial charge < -0.3 is 9.73 Å². The van der Waals surface area contributed by atoms with Crippen LogP contribution in [0.15, 0.2) is 22.8 Å². The van der Waals surface area contributed by atoms with Crippen molar-refractivity contribution in [3.63, 3.8) is 0 Å². The molecule has 1 heterocycles. The van der Waals surface area contributed by atoms with Crippen molar-refractivity contribution in [3.8, 4) is 0 Å². The predicted octanol–water partition coefficient (Wildman–Crippen LogP) is 4.28. The van der Waals surface area contributed by atoms with E-state index in [1.165, 1.54) is 0 Å². The summed E-state index contributed by atoms with van der Waals surface area (Å²) in [6.07, 6.45) is 1.81. The lowest BCUT2D eigenvalue weighted by Gasteiger charge is -2.19. The SMILES string of the molecule is Cc1cc(Cl)cc2c(CNC(C)(C)C)coc12. The van der Waals surface area contributed by atoms with E-state index in [0.29, 0.717) is 0 Å². The quantitative estimate of drug-likeness (QED) is 0.862. The summed E-state index contributed by atoms with van der Waals surface area (Å²) >= 11 is 6.08. The summed E-state index contributed by atoms with van der Waals surface area (Å²) in [4.78, 5) is 0. The van der Waals surface area contributed by atoms with Crippen molar-refractivity contribution < 1.29 is 4.42 Å². The molecule has 0 saturated carbocycles. The van der Waals surface area contributed by atoms with Crippen LogP contribution < -0.4 is 5.32 Å². The third-order valence-electron chi connectivity index (χ3n) is 2.71. The van der Waals surface area contributed by atoms with Gasteiger partial charge in [-0.15, -0.1) is 0 Å². The molecule has 0 aliphatic carbocycles. The Morgan fingerprint density at radius 2 is 2.00 bits per heavy atom. The van der Waals surface area contributed by atoms with Crippen molar-refractivity contribution in [3.05, 3.63) is 34.5 Å². The summed E-state index contributed by atoms with van der Waals surface area (Å²) in [6.45, 7) is 9.24.